The molecule has 0 saturated carbocycles. The highest BCUT2D eigenvalue weighted by Gasteiger charge is 2.10. The molecule has 18 heavy (non-hydrogen) atoms. The van der Waals surface area contributed by atoms with Gasteiger partial charge in [-0.05, 0) is 19.1 Å². The summed E-state index contributed by atoms with van der Waals surface area (Å²) in [5.41, 5.74) is 1.53. The van der Waals surface area contributed by atoms with Crippen molar-refractivity contribution in [1.29, 1.82) is 0 Å². The van der Waals surface area contributed by atoms with E-state index in [2.05, 4.69) is 15.2 Å². The number of nitrogens with one attached hydrogen (secondary N) is 1. The summed E-state index contributed by atoms with van der Waals surface area (Å²) >= 11 is 0. The molecule has 5 nitrogen and oxygen atoms in total. The number of ether oxygens (including phenoxy) is 1. The maximum Gasteiger partial charge on any atom is 0.251 e. The maximum absolute atomic E-state index is 11.9. The average Bonchev–Trinajstić information content (AvgIpc) is 2.40. The van der Waals surface area contributed by atoms with Gasteiger partial charge >= 0.3 is 0 Å². The molecule has 0 unspecified atom stereocenters. The van der Waals surface area contributed by atoms with Crippen molar-refractivity contribution >= 4 is 5.91 Å². The zero-order valence-electron chi connectivity index (χ0n) is 10.7. The Labute approximate surface area is 107 Å². The van der Waals surface area contributed by atoms with Gasteiger partial charge in [-0.2, -0.15) is 0 Å². The lowest BCUT2D eigenvalue weighted by atomic mass is 10.2. The van der Waals surface area contributed by atoms with Crippen LogP contribution in [0.4, 0.5) is 0 Å². The van der Waals surface area contributed by atoms with Gasteiger partial charge in [-0.3, -0.25) is 14.7 Å². The molecule has 0 atom stereocenters. The van der Waals surface area contributed by atoms with Crippen LogP contribution in [0.3, 0.4) is 0 Å². The molecule has 0 aromatic carbocycles. The zero-order chi connectivity index (χ0) is 12.8. The molecule has 1 aromatic rings. The van der Waals surface area contributed by atoms with Gasteiger partial charge in [0.2, 0.25) is 0 Å². The van der Waals surface area contributed by atoms with Gasteiger partial charge in [0.25, 0.3) is 5.91 Å². The van der Waals surface area contributed by atoms with E-state index in [1.54, 1.807) is 18.3 Å². The van der Waals surface area contributed by atoms with Crippen molar-refractivity contribution in [3.63, 3.8) is 0 Å². The number of rotatable bonds is 4. The van der Waals surface area contributed by atoms with Gasteiger partial charge in [-0.1, -0.05) is 0 Å². The Morgan fingerprint density at radius 3 is 3.00 bits per heavy atom. The fourth-order valence-electron chi connectivity index (χ4n) is 1.94. The molecule has 0 aliphatic carbocycles. The molecule has 98 valence electrons. The quantitative estimate of drug-likeness (QED) is 0.842. The van der Waals surface area contributed by atoms with Gasteiger partial charge in [0.15, 0.2) is 0 Å². The Morgan fingerprint density at radius 1 is 1.50 bits per heavy atom. The lowest BCUT2D eigenvalue weighted by Gasteiger charge is -2.26. The molecule has 2 rings (SSSR count). The lowest BCUT2D eigenvalue weighted by Crippen LogP contribution is -2.41. The third-order valence-electron chi connectivity index (χ3n) is 2.98. The molecule has 1 saturated heterocycles. The first-order valence-corrected chi connectivity index (χ1v) is 6.26. The number of nitrogens with zero attached hydrogens (tertiary/aromatic N) is 2. The lowest BCUT2D eigenvalue weighted by molar-refractivity contribution is 0.0383. The van der Waals surface area contributed by atoms with E-state index in [-0.39, 0.29) is 5.91 Å². The average molecular weight is 249 g/mol. The van der Waals surface area contributed by atoms with Crippen LogP contribution in [0.2, 0.25) is 0 Å². The SMILES string of the molecule is Cc1cc(C(=O)NCCN2CCOCC2)ccn1. The molecule has 0 radical (unpaired) electrons. The van der Waals surface area contributed by atoms with Crippen LogP contribution in [0.25, 0.3) is 0 Å². The van der Waals surface area contributed by atoms with Crippen LogP contribution in [-0.4, -0.2) is 55.2 Å². The first-order chi connectivity index (χ1) is 8.75. The molecule has 1 fully saturated rings. The third-order valence-corrected chi connectivity index (χ3v) is 2.98. The van der Waals surface area contributed by atoms with E-state index in [1.165, 1.54) is 0 Å². The number of hydrogen-bond acceptors (Lipinski definition) is 4. The summed E-state index contributed by atoms with van der Waals surface area (Å²) in [5, 5.41) is 2.92. The number of pyridine rings is 1. The Hall–Kier alpha value is -1.46. The van der Waals surface area contributed by atoms with Gasteiger partial charge in [0, 0.05) is 43.6 Å². The van der Waals surface area contributed by atoms with Crippen molar-refractivity contribution in [1.82, 2.24) is 15.2 Å². The van der Waals surface area contributed by atoms with E-state index in [0.29, 0.717) is 12.1 Å². The van der Waals surface area contributed by atoms with Crippen LogP contribution in [0.15, 0.2) is 18.3 Å². The Bertz CT molecular complexity index is 403. The van der Waals surface area contributed by atoms with Crippen LogP contribution in [0, 0.1) is 6.92 Å². The Kier molecular flexibility index (Phi) is 4.66. The van der Waals surface area contributed by atoms with Crippen LogP contribution in [0.1, 0.15) is 16.1 Å². The van der Waals surface area contributed by atoms with Crippen LogP contribution < -0.4 is 5.32 Å². The number of carbonyl (C=O) groups excluding carboxylic acids is 1. The molecule has 1 aromatic heterocycles. The number of amides is 1. The van der Waals surface area contributed by atoms with Crippen LogP contribution in [-0.2, 0) is 4.74 Å². The topological polar surface area (TPSA) is 54.5 Å². The normalized spacial score (nSPS) is 16.5. The monoisotopic (exact) mass is 249 g/mol. The van der Waals surface area contributed by atoms with Crippen LogP contribution in [0.5, 0.6) is 0 Å². The molecule has 0 bridgehead atoms. The molecule has 1 aliphatic rings. The largest absolute Gasteiger partial charge is 0.379 e. The third kappa shape index (κ3) is 3.78. The molecule has 1 amide bonds. The first-order valence-electron chi connectivity index (χ1n) is 6.26. The number of aryl methyl sites for hydroxylation is 1. The Morgan fingerprint density at radius 2 is 2.28 bits per heavy atom. The van der Waals surface area contributed by atoms with Gasteiger partial charge in [0.05, 0.1) is 13.2 Å². The van der Waals surface area contributed by atoms with Crippen molar-refractivity contribution in [3.05, 3.63) is 29.6 Å². The molecule has 1 aliphatic heterocycles. The first kappa shape index (κ1) is 13.0. The minimum atomic E-state index is -0.0336. The van der Waals surface area contributed by atoms with Gasteiger partial charge in [0.1, 0.15) is 0 Å². The van der Waals surface area contributed by atoms with Crippen molar-refractivity contribution in [2.75, 3.05) is 39.4 Å². The van der Waals surface area contributed by atoms with Crippen molar-refractivity contribution in [2.24, 2.45) is 0 Å². The van der Waals surface area contributed by atoms with E-state index in [9.17, 15) is 4.79 Å². The second-order valence-electron chi connectivity index (χ2n) is 4.40. The predicted molar refractivity (Wildman–Crippen MR) is 68.6 cm³/mol. The molecule has 5 heteroatoms. The van der Waals surface area contributed by atoms with E-state index >= 15 is 0 Å². The Balaban J connectivity index is 1.74. The van der Waals surface area contributed by atoms with Gasteiger partial charge in [-0.25, -0.2) is 0 Å². The summed E-state index contributed by atoms with van der Waals surface area (Å²) in [7, 11) is 0. The molecule has 2 heterocycles. The fourth-order valence-corrected chi connectivity index (χ4v) is 1.94. The number of hydrogen-bond donors (Lipinski definition) is 1. The summed E-state index contributed by atoms with van der Waals surface area (Å²) in [6.07, 6.45) is 1.66. The van der Waals surface area contributed by atoms with Crippen LogP contribution >= 0.6 is 0 Å². The molecular formula is C13H19N3O2. The van der Waals surface area contributed by atoms with E-state index in [0.717, 1.165) is 38.5 Å². The summed E-state index contributed by atoms with van der Waals surface area (Å²) in [5.74, 6) is -0.0336. The van der Waals surface area contributed by atoms with E-state index in [1.807, 2.05) is 6.92 Å². The highest BCUT2D eigenvalue weighted by atomic mass is 16.5. The van der Waals surface area contributed by atoms with Gasteiger partial charge < -0.3 is 10.1 Å². The summed E-state index contributed by atoms with van der Waals surface area (Å²) in [6, 6.07) is 3.53. The molecule has 0 spiro atoms. The minimum Gasteiger partial charge on any atom is -0.379 e. The summed E-state index contributed by atoms with van der Waals surface area (Å²) < 4.78 is 5.27. The smallest absolute Gasteiger partial charge is 0.251 e. The minimum absolute atomic E-state index is 0.0336. The van der Waals surface area contributed by atoms with E-state index in [4.69, 9.17) is 4.74 Å². The fraction of sp³-hybridized carbons (Fsp3) is 0.538. The summed E-state index contributed by atoms with van der Waals surface area (Å²) in [6.45, 7) is 6.90. The second-order valence-corrected chi connectivity index (χ2v) is 4.40. The second kappa shape index (κ2) is 6.47. The highest BCUT2D eigenvalue weighted by Crippen LogP contribution is 2.00. The standard InChI is InChI=1S/C13H19N3O2/c1-11-10-12(2-3-14-11)13(17)15-4-5-16-6-8-18-9-7-16/h2-3,10H,4-9H2,1H3,(H,15,17). The van der Waals surface area contributed by atoms with Crippen molar-refractivity contribution in [3.8, 4) is 0 Å². The van der Waals surface area contributed by atoms with Gasteiger partial charge in [-0.15, -0.1) is 0 Å². The zero-order valence-corrected chi connectivity index (χ0v) is 10.7. The molecule has 1 N–H and O–H groups in total. The number of aromatic nitrogens is 1. The molecular weight excluding hydrogens is 230 g/mol. The highest BCUT2D eigenvalue weighted by molar-refractivity contribution is 5.94. The predicted octanol–water partition coefficient (Wildman–Crippen LogP) is 0.452. The van der Waals surface area contributed by atoms with Crippen molar-refractivity contribution < 1.29 is 9.53 Å². The number of morpholine rings is 1. The maximum atomic E-state index is 11.9. The van der Waals surface area contributed by atoms with E-state index < -0.39 is 0 Å². The summed E-state index contributed by atoms with van der Waals surface area (Å²) in [4.78, 5) is 18.2. The van der Waals surface area contributed by atoms with Crippen molar-refractivity contribution in [2.45, 2.75) is 6.92 Å². The number of carbonyl (C=O) groups is 1.